The molecule has 0 saturated heterocycles. The molecule has 0 radical (unpaired) electrons. The quantitative estimate of drug-likeness (QED) is 0.734. The van der Waals surface area contributed by atoms with Crippen molar-refractivity contribution < 1.29 is 4.79 Å². The Bertz CT molecular complexity index is 924. The zero-order valence-corrected chi connectivity index (χ0v) is 14.5. The number of aromatic nitrogens is 4. The van der Waals surface area contributed by atoms with E-state index in [4.69, 9.17) is 0 Å². The highest BCUT2D eigenvalue weighted by atomic mass is 32.1. The van der Waals surface area contributed by atoms with Gasteiger partial charge in [-0.25, -0.2) is 4.98 Å². The van der Waals surface area contributed by atoms with Gasteiger partial charge >= 0.3 is 0 Å². The van der Waals surface area contributed by atoms with Gasteiger partial charge in [0.1, 0.15) is 4.70 Å². The van der Waals surface area contributed by atoms with Crippen molar-refractivity contribution in [2.75, 3.05) is 6.54 Å². The van der Waals surface area contributed by atoms with E-state index in [2.05, 4.69) is 15.4 Å². The maximum atomic E-state index is 12.2. The molecule has 126 valence electrons. The Morgan fingerprint density at radius 3 is 2.92 bits per heavy atom. The number of nitrogens with one attached hydrogen (secondary N) is 1. The Labute approximate surface area is 142 Å². The van der Waals surface area contributed by atoms with E-state index in [0.717, 1.165) is 16.9 Å². The number of hydrogen-bond donors (Lipinski definition) is 1. The zero-order chi connectivity index (χ0) is 17.1. The van der Waals surface area contributed by atoms with Crippen LogP contribution in [0.1, 0.15) is 17.8 Å². The normalized spacial score (nSPS) is 11.1. The Kier molecular flexibility index (Phi) is 4.75. The van der Waals surface area contributed by atoms with Crippen LogP contribution in [0.2, 0.25) is 0 Å². The number of amides is 1. The van der Waals surface area contributed by atoms with Crippen LogP contribution in [0.5, 0.6) is 0 Å². The number of aryl methyl sites for hydroxylation is 3. The van der Waals surface area contributed by atoms with Crippen molar-refractivity contribution in [2.45, 2.75) is 33.4 Å². The van der Waals surface area contributed by atoms with Crippen LogP contribution < -0.4 is 10.9 Å². The molecule has 0 aromatic carbocycles. The number of rotatable bonds is 6. The Morgan fingerprint density at radius 1 is 1.33 bits per heavy atom. The molecule has 0 fully saturated rings. The minimum absolute atomic E-state index is 0.0548. The molecule has 0 unspecified atom stereocenters. The van der Waals surface area contributed by atoms with Crippen LogP contribution >= 0.6 is 11.3 Å². The largest absolute Gasteiger partial charge is 0.354 e. The van der Waals surface area contributed by atoms with Gasteiger partial charge in [0.05, 0.1) is 17.5 Å². The standard InChI is InChI=1S/C16H19N5O2S/c1-11-9-12(2)21(19-11)6-3-14(22)17-5-7-20-10-18-13-4-8-24-15(13)16(20)23/h4,8-10H,3,5-7H2,1-2H3,(H,17,22). The smallest absolute Gasteiger partial charge is 0.271 e. The van der Waals surface area contributed by atoms with Crippen molar-refractivity contribution in [3.05, 3.63) is 45.6 Å². The van der Waals surface area contributed by atoms with E-state index < -0.39 is 0 Å². The molecule has 0 bridgehead atoms. The summed E-state index contributed by atoms with van der Waals surface area (Å²) in [5.41, 5.74) is 2.65. The average Bonchev–Trinajstić information content (AvgIpc) is 3.14. The van der Waals surface area contributed by atoms with Gasteiger partial charge in [-0.05, 0) is 31.4 Å². The Balaban J connectivity index is 1.50. The molecule has 1 amide bonds. The highest BCUT2D eigenvalue weighted by Gasteiger charge is 2.07. The molecule has 3 aromatic heterocycles. The Morgan fingerprint density at radius 2 is 2.17 bits per heavy atom. The summed E-state index contributed by atoms with van der Waals surface area (Å²) in [6.45, 7) is 5.26. The molecular formula is C16H19N5O2S. The number of fused-ring (bicyclic) bond motifs is 1. The lowest BCUT2D eigenvalue weighted by Gasteiger charge is -2.08. The van der Waals surface area contributed by atoms with Crippen molar-refractivity contribution in [2.24, 2.45) is 0 Å². The number of thiophene rings is 1. The van der Waals surface area contributed by atoms with E-state index in [9.17, 15) is 9.59 Å². The van der Waals surface area contributed by atoms with Gasteiger partial charge in [-0.1, -0.05) is 0 Å². The average molecular weight is 345 g/mol. The minimum atomic E-state index is -0.0631. The van der Waals surface area contributed by atoms with Crippen molar-refractivity contribution in [3.8, 4) is 0 Å². The molecule has 1 N–H and O–H groups in total. The minimum Gasteiger partial charge on any atom is -0.354 e. The van der Waals surface area contributed by atoms with E-state index in [1.165, 1.54) is 22.2 Å². The molecule has 24 heavy (non-hydrogen) atoms. The predicted octanol–water partition coefficient (Wildman–Crippen LogP) is 1.48. The fraction of sp³-hybridized carbons (Fsp3) is 0.375. The molecule has 7 nitrogen and oxygen atoms in total. The highest BCUT2D eigenvalue weighted by molar-refractivity contribution is 7.17. The van der Waals surface area contributed by atoms with Gasteiger partial charge in [0.25, 0.3) is 5.56 Å². The molecule has 0 saturated carbocycles. The summed E-state index contributed by atoms with van der Waals surface area (Å²) in [5.74, 6) is -0.0548. The second-order valence-electron chi connectivity index (χ2n) is 5.63. The fourth-order valence-corrected chi connectivity index (χ4v) is 3.34. The van der Waals surface area contributed by atoms with Crippen molar-refractivity contribution >= 4 is 27.5 Å². The first-order valence-electron chi connectivity index (χ1n) is 7.75. The van der Waals surface area contributed by atoms with Crippen LogP contribution in [-0.2, 0) is 17.9 Å². The first kappa shape index (κ1) is 16.4. The van der Waals surface area contributed by atoms with Gasteiger partial charge in [0.2, 0.25) is 5.91 Å². The summed E-state index contributed by atoms with van der Waals surface area (Å²) in [6, 6.07) is 3.81. The van der Waals surface area contributed by atoms with E-state index in [1.54, 1.807) is 0 Å². The lowest BCUT2D eigenvalue weighted by molar-refractivity contribution is -0.121. The van der Waals surface area contributed by atoms with E-state index in [0.29, 0.717) is 30.8 Å². The van der Waals surface area contributed by atoms with Crippen LogP contribution in [0.3, 0.4) is 0 Å². The summed E-state index contributed by atoms with van der Waals surface area (Å²) >= 11 is 1.38. The number of hydrogen-bond acceptors (Lipinski definition) is 5. The number of carbonyl (C=O) groups is 1. The lowest BCUT2D eigenvalue weighted by atomic mass is 10.3. The van der Waals surface area contributed by atoms with Gasteiger partial charge in [-0.3, -0.25) is 18.8 Å². The summed E-state index contributed by atoms with van der Waals surface area (Å²) in [5, 5.41) is 9.01. The molecule has 8 heteroatoms. The monoisotopic (exact) mass is 345 g/mol. The first-order chi connectivity index (χ1) is 11.5. The first-order valence-corrected chi connectivity index (χ1v) is 8.63. The van der Waals surface area contributed by atoms with Gasteiger partial charge in [0.15, 0.2) is 0 Å². The molecule has 0 atom stereocenters. The molecule has 3 rings (SSSR count). The van der Waals surface area contributed by atoms with Crippen LogP contribution in [0.4, 0.5) is 0 Å². The van der Waals surface area contributed by atoms with Gasteiger partial charge in [-0.2, -0.15) is 5.10 Å². The van der Waals surface area contributed by atoms with E-state index >= 15 is 0 Å². The number of nitrogens with zero attached hydrogens (tertiary/aromatic N) is 4. The highest BCUT2D eigenvalue weighted by Crippen LogP contribution is 2.12. The van der Waals surface area contributed by atoms with E-state index in [1.807, 2.05) is 36.0 Å². The molecule has 3 heterocycles. The van der Waals surface area contributed by atoms with Crippen LogP contribution in [0.25, 0.3) is 10.2 Å². The SMILES string of the molecule is Cc1cc(C)n(CCC(=O)NCCn2cnc3ccsc3c2=O)n1. The summed E-state index contributed by atoms with van der Waals surface area (Å²) < 4.78 is 4.00. The molecule has 0 aliphatic heterocycles. The summed E-state index contributed by atoms with van der Waals surface area (Å²) in [6.07, 6.45) is 1.89. The second kappa shape index (κ2) is 6.96. The zero-order valence-electron chi connectivity index (χ0n) is 13.7. The summed E-state index contributed by atoms with van der Waals surface area (Å²) in [4.78, 5) is 28.4. The van der Waals surface area contributed by atoms with Crippen molar-refractivity contribution in [1.82, 2.24) is 24.6 Å². The van der Waals surface area contributed by atoms with Crippen LogP contribution in [0, 0.1) is 13.8 Å². The molecule has 0 aliphatic rings. The second-order valence-corrected chi connectivity index (χ2v) is 6.54. The molecule has 3 aromatic rings. The maximum Gasteiger partial charge on any atom is 0.271 e. The molecule has 0 spiro atoms. The third-order valence-electron chi connectivity index (χ3n) is 3.76. The van der Waals surface area contributed by atoms with Crippen molar-refractivity contribution in [3.63, 3.8) is 0 Å². The third kappa shape index (κ3) is 3.53. The van der Waals surface area contributed by atoms with Crippen LogP contribution in [-0.4, -0.2) is 31.8 Å². The predicted molar refractivity (Wildman–Crippen MR) is 93.2 cm³/mol. The van der Waals surface area contributed by atoms with E-state index in [-0.39, 0.29) is 11.5 Å². The Hall–Kier alpha value is -2.48. The number of carbonyl (C=O) groups excluding carboxylic acids is 1. The fourth-order valence-electron chi connectivity index (χ4n) is 2.55. The van der Waals surface area contributed by atoms with Crippen LogP contribution in [0.15, 0.2) is 28.6 Å². The van der Waals surface area contributed by atoms with Gasteiger partial charge in [-0.15, -0.1) is 11.3 Å². The maximum absolute atomic E-state index is 12.2. The summed E-state index contributed by atoms with van der Waals surface area (Å²) in [7, 11) is 0. The van der Waals surface area contributed by atoms with Gasteiger partial charge in [0, 0.05) is 31.7 Å². The topological polar surface area (TPSA) is 81.8 Å². The molecule has 0 aliphatic carbocycles. The third-order valence-corrected chi connectivity index (χ3v) is 4.66. The van der Waals surface area contributed by atoms with Crippen molar-refractivity contribution in [1.29, 1.82) is 0 Å². The lowest BCUT2D eigenvalue weighted by Crippen LogP contribution is -2.31. The van der Waals surface area contributed by atoms with Gasteiger partial charge < -0.3 is 5.32 Å². The molecular weight excluding hydrogens is 326 g/mol.